The van der Waals surface area contributed by atoms with Crippen LogP contribution in [-0.4, -0.2) is 35.9 Å². The number of anilines is 1. The first-order valence-electron chi connectivity index (χ1n) is 7.99. The van der Waals surface area contributed by atoms with Crippen LogP contribution < -0.4 is 10.1 Å². The monoisotopic (exact) mass is 302 g/mol. The van der Waals surface area contributed by atoms with Crippen molar-refractivity contribution >= 4 is 17.5 Å². The van der Waals surface area contributed by atoms with E-state index in [0.29, 0.717) is 11.4 Å². The van der Waals surface area contributed by atoms with Crippen LogP contribution in [0.15, 0.2) is 18.2 Å². The molecule has 2 heterocycles. The summed E-state index contributed by atoms with van der Waals surface area (Å²) in [7, 11) is 0. The molecule has 0 radical (unpaired) electrons. The second-order valence-electron chi connectivity index (χ2n) is 6.09. The van der Waals surface area contributed by atoms with Crippen molar-refractivity contribution in [1.29, 1.82) is 0 Å². The van der Waals surface area contributed by atoms with Crippen molar-refractivity contribution in [1.82, 2.24) is 4.90 Å². The third kappa shape index (κ3) is 3.24. The number of carbonyl (C=O) groups is 2. The molecule has 5 nitrogen and oxygen atoms in total. The zero-order valence-electron chi connectivity index (χ0n) is 12.9. The van der Waals surface area contributed by atoms with E-state index >= 15 is 0 Å². The summed E-state index contributed by atoms with van der Waals surface area (Å²) in [6.07, 6.45) is 3.83. The van der Waals surface area contributed by atoms with Crippen molar-refractivity contribution in [2.45, 2.75) is 45.1 Å². The van der Waals surface area contributed by atoms with Gasteiger partial charge in [-0.15, -0.1) is 0 Å². The lowest BCUT2D eigenvalue weighted by Gasteiger charge is -2.28. The lowest BCUT2D eigenvalue weighted by atomic mass is 10.1. The number of amides is 2. The standard InChI is InChI=1S/C17H22N2O3/c1-12-6-7-14-13(10-12)18-17(21)15(22-14)11-16(20)19-8-4-2-3-5-9-19/h6-7,10,15H,2-5,8-9,11H2,1H3,(H,18,21). The normalized spacial score (nSPS) is 21.4. The minimum absolute atomic E-state index is 0.0117. The second kappa shape index (κ2) is 6.38. The van der Waals surface area contributed by atoms with Gasteiger partial charge < -0.3 is 15.0 Å². The van der Waals surface area contributed by atoms with E-state index < -0.39 is 6.10 Å². The number of likely N-dealkylation sites (tertiary alicyclic amines) is 1. The largest absolute Gasteiger partial charge is 0.478 e. The molecule has 1 N–H and O–H groups in total. The van der Waals surface area contributed by atoms with Crippen LogP contribution in [0.1, 0.15) is 37.7 Å². The van der Waals surface area contributed by atoms with Gasteiger partial charge >= 0.3 is 0 Å². The third-order valence-corrected chi connectivity index (χ3v) is 4.27. The molecule has 0 bridgehead atoms. The van der Waals surface area contributed by atoms with Crippen molar-refractivity contribution in [2.75, 3.05) is 18.4 Å². The molecule has 3 rings (SSSR count). The van der Waals surface area contributed by atoms with Gasteiger partial charge in [-0.2, -0.15) is 0 Å². The highest BCUT2D eigenvalue weighted by molar-refractivity contribution is 6.00. The van der Waals surface area contributed by atoms with Crippen LogP contribution in [0, 0.1) is 6.92 Å². The molecule has 2 amide bonds. The number of carbonyl (C=O) groups excluding carboxylic acids is 2. The Morgan fingerprint density at radius 1 is 1.27 bits per heavy atom. The average Bonchev–Trinajstić information content (AvgIpc) is 2.77. The highest BCUT2D eigenvalue weighted by Gasteiger charge is 2.31. The summed E-state index contributed by atoms with van der Waals surface area (Å²) >= 11 is 0. The number of aryl methyl sites for hydroxylation is 1. The zero-order chi connectivity index (χ0) is 15.5. The van der Waals surface area contributed by atoms with E-state index in [0.717, 1.165) is 31.5 Å². The van der Waals surface area contributed by atoms with Crippen LogP contribution in [-0.2, 0) is 9.59 Å². The molecule has 0 saturated carbocycles. The summed E-state index contributed by atoms with van der Waals surface area (Å²) in [5, 5.41) is 2.84. The highest BCUT2D eigenvalue weighted by Crippen LogP contribution is 2.31. The topological polar surface area (TPSA) is 58.6 Å². The van der Waals surface area contributed by atoms with Crippen LogP contribution >= 0.6 is 0 Å². The van der Waals surface area contributed by atoms with Gasteiger partial charge in [-0.1, -0.05) is 18.9 Å². The van der Waals surface area contributed by atoms with Crippen molar-refractivity contribution < 1.29 is 14.3 Å². The molecule has 0 aliphatic carbocycles. The molecule has 1 aromatic carbocycles. The van der Waals surface area contributed by atoms with Gasteiger partial charge in [0.1, 0.15) is 5.75 Å². The number of rotatable bonds is 2. The molecule has 118 valence electrons. The molecule has 2 aliphatic rings. The van der Waals surface area contributed by atoms with E-state index in [9.17, 15) is 9.59 Å². The lowest BCUT2D eigenvalue weighted by Crippen LogP contribution is -2.42. The molecule has 5 heteroatoms. The number of nitrogens with one attached hydrogen (secondary N) is 1. The minimum Gasteiger partial charge on any atom is -0.478 e. The first-order chi connectivity index (χ1) is 10.6. The molecule has 1 fully saturated rings. The van der Waals surface area contributed by atoms with Crippen molar-refractivity contribution in [2.24, 2.45) is 0 Å². The molecule has 0 spiro atoms. The van der Waals surface area contributed by atoms with Crippen molar-refractivity contribution in [3.8, 4) is 5.75 Å². The van der Waals surface area contributed by atoms with Gasteiger partial charge in [-0.25, -0.2) is 0 Å². The second-order valence-corrected chi connectivity index (χ2v) is 6.09. The molecule has 1 aromatic rings. The maximum absolute atomic E-state index is 12.4. The first-order valence-corrected chi connectivity index (χ1v) is 7.99. The Morgan fingerprint density at radius 2 is 2.00 bits per heavy atom. The Labute approximate surface area is 130 Å². The van der Waals surface area contributed by atoms with Crippen LogP contribution in [0.4, 0.5) is 5.69 Å². The maximum Gasteiger partial charge on any atom is 0.266 e. The van der Waals surface area contributed by atoms with Crippen LogP contribution in [0.3, 0.4) is 0 Å². The molecule has 1 unspecified atom stereocenters. The Balaban J connectivity index is 1.66. The Bertz CT molecular complexity index is 577. The number of nitrogens with zero attached hydrogens (tertiary/aromatic N) is 1. The van der Waals surface area contributed by atoms with Gasteiger partial charge in [-0.05, 0) is 37.5 Å². The summed E-state index contributed by atoms with van der Waals surface area (Å²) in [5.74, 6) is 0.415. The summed E-state index contributed by atoms with van der Waals surface area (Å²) < 4.78 is 5.73. The summed E-state index contributed by atoms with van der Waals surface area (Å²) in [5.41, 5.74) is 1.74. The van der Waals surface area contributed by atoms with Gasteiger partial charge in [0, 0.05) is 13.1 Å². The van der Waals surface area contributed by atoms with Gasteiger partial charge in [0.15, 0.2) is 6.10 Å². The SMILES string of the molecule is Cc1ccc2c(c1)NC(=O)C(CC(=O)N1CCCCCC1)O2. The number of ether oxygens (including phenoxy) is 1. The van der Waals surface area contributed by atoms with E-state index in [4.69, 9.17) is 4.74 Å². The van der Waals surface area contributed by atoms with Gasteiger partial charge in [0.2, 0.25) is 5.91 Å². The fourth-order valence-corrected chi connectivity index (χ4v) is 3.01. The smallest absolute Gasteiger partial charge is 0.266 e. The number of hydrogen-bond donors (Lipinski definition) is 1. The predicted molar refractivity (Wildman–Crippen MR) is 83.9 cm³/mol. The lowest BCUT2D eigenvalue weighted by molar-refractivity contribution is -0.137. The Morgan fingerprint density at radius 3 is 2.73 bits per heavy atom. The Hall–Kier alpha value is -2.04. The van der Waals surface area contributed by atoms with Crippen LogP contribution in [0.2, 0.25) is 0 Å². The fourth-order valence-electron chi connectivity index (χ4n) is 3.01. The zero-order valence-corrected chi connectivity index (χ0v) is 12.9. The van der Waals surface area contributed by atoms with Gasteiger partial charge in [-0.3, -0.25) is 9.59 Å². The maximum atomic E-state index is 12.4. The van der Waals surface area contributed by atoms with E-state index in [1.165, 1.54) is 12.8 Å². The van der Waals surface area contributed by atoms with E-state index in [1.807, 2.05) is 30.0 Å². The average molecular weight is 302 g/mol. The minimum atomic E-state index is -0.731. The fraction of sp³-hybridized carbons (Fsp3) is 0.529. The van der Waals surface area contributed by atoms with Crippen molar-refractivity contribution in [3.63, 3.8) is 0 Å². The molecular weight excluding hydrogens is 280 g/mol. The number of hydrogen-bond acceptors (Lipinski definition) is 3. The highest BCUT2D eigenvalue weighted by atomic mass is 16.5. The molecule has 22 heavy (non-hydrogen) atoms. The quantitative estimate of drug-likeness (QED) is 0.913. The van der Waals surface area contributed by atoms with E-state index in [1.54, 1.807) is 0 Å². The predicted octanol–water partition coefficient (Wildman–Crippen LogP) is 2.49. The van der Waals surface area contributed by atoms with Gasteiger partial charge in [0.05, 0.1) is 12.1 Å². The summed E-state index contributed by atoms with van der Waals surface area (Å²) in [6, 6.07) is 5.65. The summed E-state index contributed by atoms with van der Waals surface area (Å²) in [6.45, 7) is 3.55. The summed E-state index contributed by atoms with van der Waals surface area (Å²) in [4.78, 5) is 26.4. The molecule has 1 atom stereocenters. The van der Waals surface area contributed by atoms with Crippen LogP contribution in [0.25, 0.3) is 0 Å². The number of fused-ring (bicyclic) bond motifs is 1. The molecule has 2 aliphatic heterocycles. The van der Waals surface area contributed by atoms with E-state index in [-0.39, 0.29) is 18.2 Å². The molecule has 0 aromatic heterocycles. The van der Waals surface area contributed by atoms with Gasteiger partial charge in [0.25, 0.3) is 5.91 Å². The third-order valence-electron chi connectivity index (χ3n) is 4.27. The van der Waals surface area contributed by atoms with E-state index in [2.05, 4.69) is 5.32 Å². The van der Waals surface area contributed by atoms with Crippen LogP contribution in [0.5, 0.6) is 5.75 Å². The number of benzene rings is 1. The van der Waals surface area contributed by atoms with Crippen molar-refractivity contribution in [3.05, 3.63) is 23.8 Å². The first kappa shape index (κ1) is 14.9. The molecular formula is C17H22N2O3. The Kier molecular flexibility index (Phi) is 4.32. The molecule has 1 saturated heterocycles.